The van der Waals surface area contributed by atoms with Gasteiger partial charge in [0.1, 0.15) is 5.76 Å². The van der Waals surface area contributed by atoms with Gasteiger partial charge in [-0.25, -0.2) is 0 Å². The fraction of sp³-hybridized carbons (Fsp3) is 0.500. The smallest absolute Gasteiger partial charge is 0.226 e. The molecule has 2 aromatic heterocycles. The maximum Gasteiger partial charge on any atom is 0.226 e. The van der Waals surface area contributed by atoms with Crippen LogP contribution < -0.4 is 10.6 Å². The van der Waals surface area contributed by atoms with Gasteiger partial charge in [0.05, 0.1) is 6.26 Å². The van der Waals surface area contributed by atoms with Crippen molar-refractivity contribution in [2.75, 3.05) is 20.1 Å². The van der Waals surface area contributed by atoms with Gasteiger partial charge in [0, 0.05) is 33.0 Å². The van der Waals surface area contributed by atoms with Gasteiger partial charge in [-0.15, -0.1) is 0 Å². The summed E-state index contributed by atoms with van der Waals surface area (Å²) >= 11 is 0. The summed E-state index contributed by atoms with van der Waals surface area (Å²) in [7, 11) is 1.75. The number of aryl methyl sites for hydroxylation is 2. The van der Waals surface area contributed by atoms with E-state index in [0.29, 0.717) is 11.7 Å². The first kappa shape index (κ1) is 15.1. The van der Waals surface area contributed by atoms with Crippen LogP contribution in [0.1, 0.15) is 23.9 Å². The van der Waals surface area contributed by atoms with Crippen LogP contribution in [-0.4, -0.2) is 36.2 Å². The van der Waals surface area contributed by atoms with Gasteiger partial charge in [0.2, 0.25) is 5.89 Å². The van der Waals surface area contributed by atoms with Crippen LogP contribution in [0.25, 0.3) is 0 Å². The third kappa shape index (κ3) is 5.29. The molecule has 114 valence electrons. The lowest BCUT2D eigenvalue weighted by Gasteiger charge is -2.10. The summed E-state index contributed by atoms with van der Waals surface area (Å²) in [4.78, 5) is 8.33. The van der Waals surface area contributed by atoms with Crippen molar-refractivity contribution in [3.8, 4) is 0 Å². The second kappa shape index (κ2) is 8.08. The zero-order valence-corrected chi connectivity index (χ0v) is 12.4. The zero-order valence-electron chi connectivity index (χ0n) is 12.4. The van der Waals surface area contributed by atoms with Crippen LogP contribution in [0, 0.1) is 6.92 Å². The van der Waals surface area contributed by atoms with Gasteiger partial charge < -0.3 is 19.6 Å². The van der Waals surface area contributed by atoms with Crippen molar-refractivity contribution >= 4 is 5.96 Å². The molecular formula is C14H21N5O2. The quantitative estimate of drug-likeness (QED) is 0.454. The number of aromatic nitrogens is 2. The molecule has 0 bridgehead atoms. The van der Waals surface area contributed by atoms with E-state index < -0.39 is 0 Å². The van der Waals surface area contributed by atoms with Crippen molar-refractivity contribution in [2.24, 2.45) is 4.99 Å². The Morgan fingerprint density at radius 3 is 2.81 bits per heavy atom. The molecule has 0 fully saturated rings. The molecule has 7 heteroatoms. The lowest BCUT2D eigenvalue weighted by molar-refractivity contribution is 0.372. The highest BCUT2D eigenvalue weighted by atomic mass is 16.5. The minimum Gasteiger partial charge on any atom is -0.469 e. The van der Waals surface area contributed by atoms with Crippen LogP contribution in [0.15, 0.2) is 32.3 Å². The zero-order chi connectivity index (χ0) is 14.9. The average Bonchev–Trinajstić information content (AvgIpc) is 3.13. The second-order valence-corrected chi connectivity index (χ2v) is 4.59. The summed E-state index contributed by atoms with van der Waals surface area (Å²) < 4.78 is 10.3. The standard InChI is InChI=1S/C14H21N5O2/c1-11-18-13(21-19-11)6-3-8-16-14(15-2)17-9-7-12-5-4-10-20-12/h4-5,10H,3,6-9H2,1-2H3,(H2,15,16,17). The number of nitrogens with zero attached hydrogens (tertiary/aromatic N) is 3. The molecule has 0 unspecified atom stereocenters. The molecule has 7 nitrogen and oxygen atoms in total. The predicted molar refractivity (Wildman–Crippen MR) is 79.1 cm³/mol. The number of nitrogens with one attached hydrogen (secondary N) is 2. The molecule has 0 aromatic carbocycles. The monoisotopic (exact) mass is 291 g/mol. The van der Waals surface area contributed by atoms with Crippen molar-refractivity contribution in [1.82, 2.24) is 20.8 Å². The Morgan fingerprint density at radius 2 is 2.14 bits per heavy atom. The third-order valence-corrected chi connectivity index (χ3v) is 2.90. The van der Waals surface area contributed by atoms with E-state index >= 15 is 0 Å². The number of furan rings is 1. The van der Waals surface area contributed by atoms with Gasteiger partial charge in [-0.05, 0) is 25.5 Å². The van der Waals surface area contributed by atoms with E-state index in [0.717, 1.165) is 44.1 Å². The first-order chi connectivity index (χ1) is 10.3. The summed E-state index contributed by atoms with van der Waals surface area (Å²) in [5.41, 5.74) is 0. The van der Waals surface area contributed by atoms with Crippen molar-refractivity contribution in [1.29, 1.82) is 0 Å². The number of hydrogen-bond acceptors (Lipinski definition) is 5. The van der Waals surface area contributed by atoms with E-state index in [2.05, 4.69) is 25.8 Å². The van der Waals surface area contributed by atoms with Crippen LogP contribution in [0.2, 0.25) is 0 Å². The third-order valence-electron chi connectivity index (χ3n) is 2.90. The van der Waals surface area contributed by atoms with Gasteiger partial charge in [0.25, 0.3) is 0 Å². The predicted octanol–water partition coefficient (Wildman–Crippen LogP) is 1.31. The minimum absolute atomic E-state index is 0.674. The number of rotatable bonds is 7. The molecule has 0 amide bonds. The minimum atomic E-state index is 0.674. The van der Waals surface area contributed by atoms with Crippen LogP contribution >= 0.6 is 0 Å². The van der Waals surface area contributed by atoms with E-state index in [4.69, 9.17) is 8.94 Å². The molecule has 0 aliphatic rings. The number of guanidine groups is 1. The van der Waals surface area contributed by atoms with E-state index in [1.54, 1.807) is 13.3 Å². The number of aliphatic imine (C=N–C) groups is 1. The Morgan fingerprint density at radius 1 is 1.29 bits per heavy atom. The van der Waals surface area contributed by atoms with Crippen LogP contribution in [0.3, 0.4) is 0 Å². The van der Waals surface area contributed by atoms with Crippen LogP contribution in [0.5, 0.6) is 0 Å². The lowest BCUT2D eigenvalue weighted by atomic mass is 10.3. The molecule has 21 heavy (non-hydrogen) atoms. The average molecular weight is 291 g/mol. The van der Waals surface area contributed by atoms with Gasteiger partial charge in [-0.2, -0.15) is 4.98 Å². The summed E-state index contributed by atoms with van der Waals surface area (Å²) in [6, 6.07) is 3.85. The maximum absolute atomic E-state index is 5.27. The summed E-state index contributed by atoms with van der Waals surface area (Å²) in [5, 5.41) is 10.2. The Hall–Kier alpha value is -2.31. The van der Waals surface area contributed by atoms with Crippen LogP contribution in [0.4, 0.5) is 0 Å². The van der Waals surface area contributed by atoms with Crippen molar-refractivity contribution in [3.05, 3.63) is 35.9 Å². The first-order valence-electron chi connectivity index (χ1n) is 7.04. The molecule has 0 spiro atoms. The molecule has 2 rings (SSSR count). The molecular weight excluding hydrogens is 270 g/mol. The number of hydrogen-bond donors (Lipinski definition) is 2. The molecule has 0 saturated carbocycles. The highest BCUT2D eigenvalue weighted by molar-refractivity contribution is 5.79. The Kier molecular flexibility index (Phi) is 5.81. The molecule has 0 saturated heterocycles. The SMILES string of the molecule is CN=C(NCCCc1nc(C)no1)NCCc1ccco1. The van der Waals surface area contributed by atoms with Crippen molar-refractivity contribution < 1.29 is 8.94 Å². The van der Waals surface area contributed by atoms with Gasteiger partial charge in [-0.3, -0.25) is 4.99 Å². The van der Waals surface area contributed by atoms with E-state index in [-0.39, 0.29) is 0 Å². The first-order valence-corrected chi connectivity index (χ1v) is 7.04. The molecule has 0 atom stereocenters. The Balaban J connectivity index is 1.59. The van der Waals surface area contributed by atoms with Crippen LogP contribution in [-0.2, 0) is 12.8 Å². The Bertz CT molecular complexity index is 547. The summed E-state index contributed by atoms with van der Waals surface area (Å²) in [6.07, 6.45) is 4.17. The van der Waals surface area contributed by atoms with E-state index in [1.165, 1.54) is 0 Å². The maximum atomic E-state index is 5.27. The molecule has 0 radical (unpaired) electrons. The molecule has 0 aliphatic carbocycles. The van der Waals surface area contributed by atoms with Gasteiger partial charge >= 0.3 is 0 Å². The van der Waals surface area contributed by atoms with E-state index in [1.807, 2.05) is 19.1 Å². The highest BCUT2D eigenvalue weighted by Gasteiger charge is 2.03. The second-order valence-electron chi connectivity index (χ2n) is 4.59. The molecule has 2 aromatic rings. The Labute approximate surface area is 123 Å². The fourth-order valence-electron chi connectivity index (χ4n) is 1.87. The topological polar surface area (TPSA) is 88.5 Å². The fourth-order valence-corrected chi connectivity index (χ4v) is 1.87. The molecule has 2 heterocycles. The largest absolute Gasteiger partial charge is 0.469 e. The highest BCUT2D eigenvalue weighted by Crippen LogP contribution is 2.00. The van der Waals surface area contributed by atoms with E-state index in [9.17, 15) is 0 Å². The normalized spacial score (nSPS) is 11.6. The van der Waals surface area contributed by atoms with Crippen molar-refractivity contribution in [2.45, 2.75) is 26.2 Å². The summed E-state index contributed by atoms with van der Waals surface area (Å²) in [6.45, 7) is 3.38. The molecule has 0 aliphatic heterocycles. The van der Waals surface area contributed by atoms with Crippen molar-refractivity contribution in [3.63, 3.8) is 0 Å². The van der Waals surface area contributed by atoms with Gasteiger partial charge in [0.15, 0.2) is 11.8 Å². The van der Waals surface area contributed by atoms with Gasteiger partial charge in [-0.1, -0.05) is 5.16 Å². The lowest BCUT2D eigenvalue weighted by Crippen LogP contribution is -2.38. The molecule has 2 N–H and O–H groups in total. The summed E-state index contributed by atoms with van der Waals surface area (Å²) in [5.74, 6) is 3.09.